The van der Waals surface area contributed by atoms with Gasteiger partial charge in [0.2, 0.25) is 0 Å². The van der Waals surface area contributed by atoms with Crippen molar-refractivity contribution in [2.75, 3.05) is 39.5 Å². The molecule has 2 saturated heterocycles. The van der Waals surface area contributed by atoms with Gasteiger partial charge in [-0.3, -0.25) is 9.69 Å². The molecule has 5 heteroatoms. The van der Waals surface area contributed by atoms with Crippen molar-refractivity contribution in [1.29, 1.82) is 0 Å². The van der Waals surface area contributed by atoms with E-state index in [1.807, 2.05) is 6.92 Å². The molecular formula is C16H29NO4. The fraction of sp³-hybridized carbons (Fsp3) is 0.938. The second-order valence-corrected chi connectivity index (χ2v) is 6.07. The molecule has 5 nitrogen and oxygen atoms in total. The topological polar surface area (TPSA) is 48.0 Å². The maximum atomic E-state index is 11.8. The fourth-order valence-corrected chi connectivity index (χ4v) is 3.46. The Kier molecular flexibility index (Phi) is 6.45. The van der Waals surface area contributed by atoms with Crippen LogP contribution in [0.25, 0.3) is 0 Å². The summed E-state index contributed by atoms with van der Waals surface area (Å²) in [6.45, 7) is 8.17. The van der Waals surface area contributed by atoms with Crippen molar-refractivity contribution in [1.82, 2.24) is 4.90 Å². The molecule has 0 N–H and O–H groups in total. The number of ether oxygens (including phenoxy) is 3. The highest BCUT2D eigenvalue weighted by atomic mass is 16.5. The molecule has 0 aromatic rings. The highest BCUT2D eigenvalue weighted by molar-refractivity contribution is 5.71. The van der Waals surface area contributed by atoms with E-state index in [2.05, 4.69) is 11.8 Å². The highest BCUT2D eigenvalue weighted by Crippen LogP contribution is 2.36. The smallest absolute Gasteiger partial charge is 0.320 e. The summed E-state index contributed by atoms with van der Waals surface area (Å²) in [6.07, 6.45) is 5.01. The molecule has 0 bridgehead atoms. The molecule has 2 aliphatic heterocycles. The molecule has 21 heavy (non-hydrogen) atoms. The summed E-state index contributed by atoms with van der Waals surface area (Å²) < 4.78 is 16.7. The number of rotatable bonds is 6. The molecule has 0 aliphatic carbocycles. The molecule has 0 radical (unpaired) electrons. The van der Waals surface area contributed by atoms with Crippen molar-refractivity contribution in [2.45, 2.75) is 57.6 Å². The minimum atomic E-state index is -0.113. The third-order valence-electron chi connectivity index (χ3n) is 4.54. The summed E-state index contributed by atoms with van der Waals surface area (Å²) >= 11 is 0. The van der Waals surface area contributed by atoms with Crippen LogP contribution in [0.4, 0.5) is 0 Å². The van der Waals surface area contributed by atoms with Gasteiger partial charge in [0, 0.05) is 25.9 Å². The van der Waals surface area contributed by atoms with Gasteiger partial charge in [-0.1, -0.05) is 6.92 Å². The minimum absolute atomic E-state index is 0.0260. The number of carbonyl (C=O) groups is 1. The van der Waals surface area contributed by atoms with Crippen molar-refractivity contribution >= 4 is 5.97 Å². The largest absolute Gasteiger partial charge is 0.465 e. The number of nitrogens with zero attached hydrogens (tertiary/aromatic N) is 1. The van der Waals surface area contributed by atoms with Gasteiger partial charge in [0.05, 0.1) is 18.8 Å². The number of hydrogen-bond acceptors (Lipinski definition) is 5. The van der Waals surface area contributed by atoms with Crippen molar-refractivity contribution in [3.63, 3.8) is 0 Å². The zero-order chi connectivity index (χ0) is 15.1. The third kappa shape index (κ3) is 4.66. The normalized spacial score (nSPS) is 25.2. The Morgan fingerprint density at radius 1 is 1.29 bits per heavy atom. The van der Waals surface area contributed by atoms with Crippen LogP contribution in [0, 0.1) is 0 Å². The van der Waals surface area contributed by atoms with Crippen LogP contribution < -0.4 is 0 Å². The highest BCUT2D eigenvalue weighted by Gasteiger charge is 2.40. The molecule has 2 heterocycles. The molecule has 2 aliphatic rings. The summed E-state index contributed by atoms with van der Waals surface area (Å²) in [5, 5.41) is 0. The van der Waals surface area contributed by atoms with E-state index in [-0.39, 0.29) is 11.6 Å². The standard InChI is InChI=1S/C16H29NO4/c1-3-8-17(13-15(18)20-4-2)14-5-9-21-16(12-14)6-10-19-11-7-16/h14H,3-13H2,1-2H3. The predicted octanol–water partition coefficient (Wildman–Crippen LogP) is 1.99. The van der Waals surface area contributed by atoms with Gasteiger partial charge in [0.1, 0.15) is 0 Å². The van der Waals surface area contributed by atoms with Gasteiger partial charge in [0.15, 0.2) is 0 Å². The Hall–Kier alpha value is -0.650. The first kappa shape index (κ1) is 16.7. The fourth-order valence-electron chi connectivity index (χ4n) is 3.46. The van der Waals surface area contributed by atoms with Gasteiger partial charge in [0.25, 0.3) is 0 Å². The van der Waals surface area contributed by atoms with E-state index >= 15 is 0 Å². The molecule has 2 rings (SSSR count). The van der Waals surface area contributed by atoms with Crippen LogP contribution in [0.5, 0.6) is 0 Å². The van der Waals surface area contributed by atoms with Crippen LogP contribution in [0.2, 0.25) is 0 Å². The minimum Gasteiger partial charge on any atom is -0.465 e. The second kappa shape index (κ2) is 8.11. The van der Waals surface area contributed by atoms with Crippen molar-refractivity contribution in [3.05, 3.63) is 0 Å². The predicted molar refractivity (Wildman–Crippen MR) is 80.3 cm³/mol. The van der Waals surface area contributed by atoms with Gasteiger partial charge in [-0.2, -0.15) is 0 Å². The molecular weight excluding hydrogens is 270 g/mol. The van der Waals surface area contributed by atoms with Gasteiger partial charge < -0.3 is 14.2 Å². The lowest BCUT2D eigenvalue weighted by Gasteiger charge is -2.46. The van der Waals surface area contributed by atoms with Crippen molar-refractivity contribution in [2.24, 2.45) is 0 Å². The average molecular weight is 299 g/mol. The first-order valence-electron chi connectivity index (χ1n) is 8.30. The van der Waals surface area contributed by atoms with Gasteiger partial charge >= 0.3 is 5.97 Å². The summed E-state index contributed by atoms with van der Waals surface area (Å²) in [5.41, 5.74) is -0.0260. The molecule has 0 saturated carbocycles. The average Bonchev–Trinajstić information content (AvgIpc) is 2.48. The number of carbonyl (C=O) groups excluding carboxylic acids is 1. The molecule has 0 amide bonds. The molecule has 122 valence electrons. The lowest BCUT2D eigenvalue weighted by atomic mass is 9.83. The number of esters is 1. The molecule has 0 aromatic heterocycles. The molecule has 0 aromatic carbocycles. The summed E-state index contributed by atoms with van der Waals surface area (Å²) in [6, 6.07) is 0.418. The SMILES string of the molecule is CCCN(CC(=O)OCC)C1CCOC2(CCOCC2)C1. The first-order chi connectivity index (χ1) is 10.2. The van der Waals surface area contributed by atoms with E-state index in [0.717, 1.165) is 58.5 Å². The van der Waals surface area contributed by atoms with Crippen LogP contribution >= 0.6 is 0 Å². The Balaban J connectivity index is 1.96. The lowest BCUT2D eigenvalue weighted by Crippen LogP contribution is -2.52. The van der Waals surface area contributed by atoms with E-state index in [4.69, 9.17) is 14.2 Å². The van der Waals surface area contributed by atoms with Gasteiger partial charge in [-0.05, 0) is 45.6 Å². The molecule has 1 unspecified atom stereocenters. The van der Waals surface area contributed by atoms with Crippen LogP contribution in [-0.2, 0) is 19.0 Å². The lowest BCUT2D eigenvalue weighted by molar-refractivity contribution is -0.158. The third-order valence-corrected chi connectivity index (χ3v) is 4.54. The van der Waals surface area contributed by atoms with Gasteiger partial charge in [-0.25, -0.2) is 0 Å². The van der Waals surface area contributed by atoms with Crippen LogP contribution in [-0.4, -0.2) is 62.0 Å². The van der Waals surface area contributed by atoms with Crippen molar-refractivity contribution < 1.29 is 19.0 Å². The van der Waals surface area contributed by atoms with Crippen LogP contribution in [0.15, 0.2) is 0 Å². The zero-order valence-corrected chi connectivity index (χ0v) is 13.4. The van der Waals surface area contributed by atoms with Crippen molar-refractivity contribution in [3.8, 4) is 0 Å². The maximum Gasteiger partial charge on any atom is 0.320 e. The quantitative estimate of drug-likeness (QED) is 0.702. The van der Waals surface area contributed by atoms with Crippen LogP contribution in [0.1, 0.15) is 46.0 Å². The van der Waals surface area contributed by atoms with E-state index in [9.17, 15) is 4.79 Å². The monoisotopic (exact) mass is 299 g/mol. The van der Waals surface area contributed by atoms with Gasteiger partial charge in [-0.15, -0.1) is 0 Å². The van der Waals surface area contributed by atoms with E-state index in [1.165, 1.54) is 0 Å². The van der Waals surface area contributed by atoms with Crippen LogP contribution in [0.3, 0.4) is 0 Å². The summed E-state index contributed by atoms with van der Waals surface area (Å²) in [5.74, 6) is -0.113. The zero-order valence-electron chi connectivity index (χ0n) is 13.4. The van der Waals surface area contributed by atoms with E-state index in [0.29, 0.717) is 19.2 Å². The Morgan fingerprint density at radius 3 is 2.71 bits per heavy atom. The molecule has 2 fully saturated rings. The summed E-state index contributed by atoms with van der Waals surface area (Å²) in [4.78, 5) is 14.1. The van der Waals surface area contributed by atoms with E-state index < -0.39 is 0 Å². The molecule has 1 atom stereocenters. The second-order valence-electron chi connectivity index (χ2n) is 6.07. The molecule has 1 spiro atoms. The Morgan fingerprint density at radius 2 is 2.05 bits per heavy atom. The number of hydrogen-bond donors (Lipinski definition) is 0. The Bertz CT molecular complexity index is 323. The first-order valence-corrected chi connectivity index (χ1v) is 8.30. The maximum absolute atomic E-state index is 11.8. The Labute approximate surface area is 127 Å². The summed E-state index contributed by atoms with van der Waals surface area (Å²) in [7, 11) is 0. The van der Waals surface area contributed by atoms with E-state index in [1.54, 1.807) is 0 Å².